The van der Waals surface area contributed by atoms with Crippen molar-refractivity contribution in [2.45, 2.75) is 243 Å². The Kier molecular flexibility index (Phi) is 39.2. The van der Waals surface area contributed by atoms with Crippen LogP contribution < -0.4 is 0 Å². The van der Waals surface area contributed by atoms with Crippen molar-refractivity contribution in [2.24, 2.45) is 0 Å². The maximum atomic E-state index is 12.8. The predicted octanol–water partition coefficient (Wildman–Crippen LogP) is 11.9. The number of ether oxygens (including phenoxy) is 4. The van der Waals surface area contributed by atoms with Gasteiger partial charge in [0.05, 0.1) is 6.61 Å². The number of rotatable bonds is 42. The summed E-state index contributed by atoms with van der Waals surface area (Å²) in [5, 5.41) is 39.9. The SMILES string of the molecule is CC/C=C\C/C=C\C/C=C\C/C=C\CCCCCCC(=O)OCC(COC1OC(C(=O)O)C(O)C(O)C1O)OC(=O)CCCCCCCCCCC/C=C\CCCCCCCCCC. The van der Waals surface area contributed by atoms with Crippen LogP contribution in [-0.2, 0) is 33.3 Å². The Bertz CT molecular complexity index is 1290. The van der Waals surface area contributed by atoms with E-state index in [0.717, 1.165) is 70.6 Å². The molecule has 1 heterocycles. The van der Waals surface area contributed by atoms with Crippen molar-refractivity contribution in [1.29, 1.82) is 0 Å². The molecule has 6 unspecified atom stereocenters. The van der Waals surface area contributed by atoms with Crippen LogP contribution in [0, 0.1) is 0 Å². The first-order valence-electron chi connectivity index (χ1n) is 25.3. The van der Waals surface area contributed by atoms with Crippen molar-refractivity contribution in [2.75, 3.05) is 13.2 Å². The smallest absolute Gasteiger partial charge is 0.335 e. The first-order valence-corrected chi connectivity index (χ1v) is 25.3. The summed E-state index contributed by atoms with van der Waals surface area (Å²) in [5.41, 5.74) is 0. The summed E-state index contributed by atoms with van der Waals surface area (Å²) in [4.78, 5) is 37.0. The van der Waals surface area contributed by atoms with Gasteiger partial charge in [0, 0.05) is 12.8 Å². The van der Waals surface area contributed by atoms with Gasteiger partial charge in [-0.3, -0.25) is 9.59 Å². The van der Waals surface area contributed by atoms with Crippen molar-refractivity contribution in [3.8, 4) is 0 Å². The monoisotopic (exact) mass is 903 g/mol. The summed E-state index contributed by atoms with van der Waals surface area (Å²) >= 11 is 0. The second kappa shape index (κ2) is 42.5. The average Bonchev–Trinajstić information content (AvgIpc) is 3.28. The van der Waals surface area contributed by atoms with E-state index in [2.05, 4.69) is 74.6 Å². The molecule has 6 atom stereocenters. The van der Waals surface area contributed by atoms with Crippen LogP contribution in [0.3, 0.4) is 0 Å². The lowest BCUT2D eigenvalue weighted by Gasteiger charge is -2.38. The van der Waals surface area contributed by atoms with Crippen LogP contribution in [0.5, 0.6) is 0 Å². The zero-order valence-electron chi connectivity index (χ0n) is 40.0. The van der Waals surface area contributed by atoms with Gasteiger partial charge in [-0.2, -0.15) is 0 Å². The Labute approximate surface area is 387 Å². The Hall–Kier alpha value is -3.09. The van der Waals surface area contributed by atoms with Gasteiger partial charge in [0.25, 0.3) is 0 Å². The number of carboxylic acid groups (broad SMARTS) is 1. The van der Waals surface area contributed by atoms with E-state index in [-0.39, 0.29) is 19.4 Å². The summed E-state index contributed by atoms with van der Waals surface area (Å²) in [6, 6.07) is 0. The van der Waals surface area contributed by atoms with E-state index in [0.29, 0.717) is 12.8 Å². The molecule has 0 spiro atoms. The summed E-state index contributed by atoms with van der Waals surface area (Å²) in [7, 11) is 0. The lowest BCUT2D eigenvalue weighted by atomic mass is 9.99. The van der Waals surface area contributed by atoms with Gasteiger partial charge in [-0.25, -0.2) is 4.79 Å². The van der Waals surface area contributed by atoms with Gasteiger partial charge in [-0.1, -0.05) is 177 Å². The van der Waals surface area contributed by atoms with Gasteiger partial charge in [0.1, 0.15) is 24.9 Å². The van der Waals surface area contributed by atoms with E-state index in [1.165, 1.54) is 96.3 Å². The highest BCUT2D eigenvalue weighted by Crippen LogP contribution is 2.23. The predicted molar refractivity (Wildman–Crippen MR) is 257 cm³/mol. The molecule has 0 aliphatic carbocycles. The molecular formula is C53H90O11. The second-order valence-electron chi connectivity index (χ2n) is 17.3. The molecule has 0 aromatic heterocycles. The van der Waals surface area contributed by atoms with Crippen LogP contribution in [0.15, 0.2) is 60.8 Å². The summed E-state index contributed by atoms with van der Waals surface area (Å²) in [5.74, 6) is -2.48. The number of carbonyl (C=O) groups excluding carboxylic acids is 2. The molecule has 1 aliphatic rings. The minimum Gasteiger partial charge on any atom is -0.479 e. The third-order valence-electron chi connectivity index (χ3n) is 11.4. The first kappa shape index (κ1) is 58.9. The number of aliphatic carboxylic acids is 1. The molecule has 368 valence electrons. The van der Waals surface area contributed by atoms with Crippen molar-refractivity contribution in [3.05, 3.63) is 60.8 Å². The summed E-state index contributed by atoms with van der Waals surface area (Å²) in [6.45, 7) is 3.69. The highest BCUT2D eigenvalue weighted by molar-refractivity contribution is 5.73. The molecule has 1 fully saturated rings. The molecular weight excluding hydrogens is 813 g/mol. The molecule has 11 nitrogen and oxygen atoms in total. The maximum absolute atomic E-state index is 12.8. The Morgan fingerprint density at radius 1 is 0.500 bits per heavy atom. The Balaban J connectivity index is 2.32. The van der Waals surface area contributed by atoms with Crippen molar-refractivity contribution in [3.63, 3.8) is 0 Å². The van der Waals surface area contributed by atoms with Crippen LogP contribution in [-0.4, -0.2) is 88.4 Å². The van der Waals surface area contributed by atoms with E-state index < -0.39 is 61.3 Å². The van der Waals surface area contributed by atoms with Gasteiger partial charge in [0.2, 0.25) is 0 Å². The molecule has 0 aromatic rings. The fourth-order valence-corrected chi connectivity index (χ4v) is 7.39. The lowest BCUT2D eigenvalue weighted by Crippen LogP contribution is -2.60. The standard InChI is InChI=1S/C53H90O11/c1-3-5-7-9-11-13-15-17-19-21-22-23-24-26-28-30-32-34-36-38-40-42-47(55)63-45(44-62-53-50(58)48(56)49(57)51(64-53)52(59)60)43-61-46(54)41-39-37-35-33-31-29-27-25-20-18-16-14-12-10-8-6-4-2/h6,8,12,14,18,20-22,27,29,45,48-51,53,56-58H,3-5,7,9-11,13,15-17,19,23-26,28,30-44H2,1-2H3,(H,59,60)/b8-6-,14-12-,20-18-,22-21-,29-27-. The molecule has 0 bridgehead atoms. The first-order chi connectivity index (χ1) is 31.2. The quantitative estimate of drug-likeness (QED) is 0.0261. The van der Waals surface area contributed by atoms with E-state index in [1.54, 1.807) is 0 Å². The number of aliphatic hydroxyl groups is 3. The van der Waals surface area contributed by atoms with Gasteiger partial charge in [-0.05, 0) is 77.0 Å². The molecule has 4 N–H and O–H groups in total. The number of hydrogen-bond acceptors (Lipinski definition) is 10. The molecule has 1 rings (SSSR count). The number of unbranched alkanes of at least 4 members (excludes halogenated alkanes) is 21. The van der Waals surface area contributed by atoms with Crippen molar-refractivity contribution < 1.29 is 53.8 Å². The van der Waals surface area contributed by atoms with Crippen LogP contribution >= 0.6 is 0 Å². The summed E-state index contributed by atoms with van der Waals surface area (Å²) in [6.07, 6.45) is 44.1. The minimum absolute atomic E-state index is 0.173. The summed E-state index contributed by atoms with van der Waals surface area (Å²) < 4.78 is 21.8. The number of carbonyl (C=O) groups is 3. The third kappa shape index (κ3) is 33.4. The largest absolute Gasteiger partial charge is 0.479 e. The highest BCUT2D eigenvalue weighted by atomic mass is 16.7. The molecule has 0 aromatic carbocycles. The van der Waals surface area contributed by atoms with Crippen LogP contribution in [0.2, 0.25) is 0 Å². The maximum Gasteiger partial charge on any atom is 0.335 e. The zero-order chi connectivity index (χ0) is 46.7. The highest BCUT2D eigenvalue weighted by Gasteiger charge is 2.47. The normalized spacial score (nSPS) is 19.8. The number of allylic oxidation sites excluding steroid dienone is 10. The molecule has 0 saturated carbocycles. The topological polar surface area (TPSA) is 169 Å². The molecule has 64 heavy (non-hydrogen) atoms. The second-order valence-corrected chi connectivity index (χ2v) is 17.3. The molecule has 1 aliphatic heterocycles. The van der Waals surface area contributed by atoms with Gasteiger partial charge in [0.15, 0.2) is 18.5 Å². The van der Waals surface area contributed by atoms with Gasteiger partial charge in [-0.15, -0.1) is 0 Å². The molecule has 11 heteroatoms. The molecule has 1 saturated heterocycles. The van der Waals surface area contributed by atoms with Crippen molar-refractivity contribution in [1.82, 2.24) is 0 Å². The van der Waals surface area contributed by atoms with Gasteiger partial charge >= 0.3 is 17.9 Å². The Morgan fingerprint density at radius 2 is 0.922 bits per heavy atom. The van der Waals surface area contributed by atoms with E-state index in [9.17, 15) is 34.8 Å². The third-order valence-corrected chi connectivity index (χ3v) is 11.4. The number of esters is 2. The lowest BCUT2D eigenvalue weighted by molar-refractivity contribution is -0.298. The number of aliphatic hydroxyl groups excluding tert-OH is 3. The zero-order valence-corrected chi connectivity index (χ0v) is 40.0. The minimum atomic E-state index is -1.87. The fraction of sp³-hybridized carbons (Fsp3) is 0.755. The van der Waals surface area contributed by atoms with Crippen LogP contribution in [0.1, 0.15) is 206 Å². The van der Waals surface area contributed by atoms with Gasteiger partial charge < -0.3 is 39.4 Å². The fourth-order valence-electron chi connectivity index (χ4n) is 7.39. The van der Waals surface area contributed by atoms with Crippen molar-refractivity contribution >= 4 is 17.9 Å². The van der Waals surface area contributed by atoms with Crippen LogP contribution in [0.4, 0.5) is 0 Å². The average molecular weight is 903 g/mol. The van der Waals surface area contributed by atoms with E-state index >= 15 is 0 Å². The molecule has 0 amide bonds. The number of hydrogen-bond donors (Lipinski definition) is 4. The van der Waals surface area contributed by atoms with E-state index in [1.807, 2.05) is 0 Å². The van der Waals surface area contributed by atoms with Crippen LogP contribution in [0.25, 0.3) is 0 Å². The number of carboxylic acids is 1. The van der Waals surface area contributed by atoms with E-state index in [4.69, 9.17) is 18.9 Å². The Morgan fingerprint density at radius 3 is 1.41 bits per heavy atom. The molecule has 0 radical (unpaired) electrons.